The molecule has 3 atom stereocenters. The lowest BCUT2D eigenvalue weighted by atomic mass is 9.93. The normalized spacial score (nSPS) is 26.0. The van der Waals surface area contributed by atoms with Crippen LogP contribution in [-0.4, -0.2) is 67.2 Å². The van der Waals surface area contributed by atoms with E-state index in [0.29, 0.717) is 13.0 Å². The molecule has 0 aromatic heterocycles. The molecule has 28 heavy (non-hydrogen) atoms. The Bertz CT molecular complexity index is 553. The summed E-state index contributed by atoms with van der Waals surface area (Å²) in [5.74, 6) is 0. The summed E-state index contributed by atoms with van der Waals surface area (Å²) in [5.41, 5.74) is -0.302. The zero-order chi connectivity index (χ0) is 20.9. The molecule has 1 heterocycles. The van der Waals surface area contributed by atoms with Crippen LogP contribution in [0, 0.1) is 5.41 Å². The molecule has 2 aliphatic rings. The van der Waals surface area contributed by atoms with Crippen molar-refractivity contribution in [3.05, 3.63) is 12.7 Å². The van der Waals surface area contributed by atoms with Crippen LogP contribution in [-0.2, 0) is 14.2 Å². The standard InChI is InChI=1S/C21H36N2O5/c1-7-11-16-17(28-18(21(2,3)4)23(16)20(25)27-6)14-22(19(24)26-5)15-12-9-8-10-13-15/h7,15-18H,1,8-14H2,2-6H3/t16-,17-,18-/m1/s1. The van der Waals surface area contributed by atoms with E-state index in [2.05, 4.69) is 6.58 Å². The summed E-state index contributed by atoms with van der Waals surface area (Å²) in [7, 11) is 2.79. The Balaban J connectivity index is 2.30. The third-order valence-electron chi connectivity index (χ3n) is 5.68. The molecular formula is C21H36N2O5. The SMILES string of the molecule is C=CC[C@@H]1[C@@H](CN(C(=O)OC)C2CCCCC2)O[C@H](C(C)(C)C)N1C(=O)OC. The largest absolute Gasteiger partial charge is 0.453 e. The fourth-order valence-corrected chi connectivity index (χ4v) is 4.31. The zero-order valence-electron chi connectivity index (χ0n) is 18.0. The Morgan fingerprint density at radius 1 is 1.18 bits per heavy atom. The number of carbonyl (C=O) groups is 2. The van der Waals surface area contributed by atoms with Crippen molar-refractivity contribution in [2.24, 2.45) is 5.41 Å². The molecule has 0 bridgehead atoms. The first-order valence-electron chi connectivity index (χ1n) is 10.2. The molecule has 1 saturated carbocycles. The van der Waals surface area contributed by atoms with Crippen molar-refractivity contribution in [1.82, 2.24) is 9.80 Å². The average molecular weight is 397 g/mol. The van der Waals surface area contributed by atoms with Gasteiger partial charge in [-0.25, -0.2) is 9.59 Å². The van der Waals surface area contributed by atoms with E-state index in [1.54, 1.807) is 15.9 Å². The zero-order valence-corrected chi connectivity index (χ0v) is 18.0. The maximum atomic E-state index is 12.6. The van der Waals surface area contributed by atoms with Crippen LogP contribution in [0.4, 0.5) is 9.59 Å². The topological polar surface area (TPSA) is 68.3 Å². The lowest BCUT2D eigenvalue weighted by Crippen LogP contribution is -2.50. The van der Waals surface area contributed by atoms with E-state index in [0.717, 1.165) is 25.7 Å². The first kappa shape index (κ1) is 22.5. The Hall–Kier alpha value is -1.76. The second kappa shape index (κ2) is 9.63. The van der Waals surface area contributed by atoms with Crippen molar-refractivity contribution in [3.63, 3.8) is 0 Å². The molecule has 160 valence electrons. The van der Waals surface area contributed by atoms with Crippen LogP contribution in [0.3, 0.4) is 0 Å². The highest BCUT2D eigenvalue weighted by Gasteiger charge is 2.50. The van der Waals surface area contributed by atoms with Gasteiger partial charge >= 0.3 is 12.2 Å². The maximum Gasteiger partial charge on any atom is 0.411 e. The molecule has 1 aliphatic heterocycles. The highest BCUT2D eigenvalue weighted by molar-refractivity contribution is 5.69. The van der Waals surface area contributed by atoms with E-state index in [9.17, 15) is 9.59 Å². The molecule has 2 fully saturated rings. The summed E-state index contributed by atoms with van der Waals surface area (Å²) in [6.07, 6.45) is 6.17. The van der Waals surface area contributed by atoms with Crippen LogP contribution >= 0.6 is 0 Å². The molecule has 7 nitrogen and oxygen atoms in total. The Kier molecular flexibility index (Phi) is 7.75. The first-order valence-corrected chi connectivity index (χ1v) is 10.2. The predicted octanol–water partition coefficient (Wildman–Crippen LogP) is 4.17. The van der Waals surface area contributed by atoms with Gasteiger partial charge < -0.3 is 19.1 Å². The number of carbonyl (C=O) groups excluding carboxylic acids is 2. The second-order valence-electron chi connectivity index (χ2n) is 8.78. The van der Waals surface area contributed by atoms with Gasteiger partial charge in [-0.05, 0) is 19.3 Å². The van der Waals surface area contributed by atoms with Gasteiger partial charge in [0, 0.05) is 11.5 Å². The highest BCUT2D eigenvalue weighted by atomic mass is 16.6. The lowest BCUT2D eigenvalue weighted by molar-refractivity contribution is -0.0695. The summed E-state index contributed by atoms with van der Waals surface area (Å²) < 4.78 is 16.5. The summed E-state index contributed by atoms with van der Waals surface area (Å²) >= 11 is 0. The van der Waals surface area contributed by atoms with E-state index in [1.165, 1.54) is 20.6 Å². The molecule has 0 spiro atoms. The third-order valence-corrected chi connectivity index (χ3v) is 5.68. The molecule has 7 heteroatoms. The van der Waals surface area contributed by atoms with Gasteiger partial charge in [0.25, 0.3) is 0 Å². The highest BCUT2D eigenvalue weighted by Crippen LogP contribution is 2.37. The summed E-state index contributed by atoms with van der Waals surface area (Å²) in [5, 5.41) is 0. The number of methoxy groups -OCH3 is 2. The molecule has 0 aromatic carbocycles. The number of hydrogen-bond donors (Lipinski definition) is 0. The van der Waals surface area contributed by atoms with Crippen LogP contribution in [0.5, 0.6) is 0 Å². The first-order chi connectivity index (χ1) is 13.2. The van der Waals surface area contributed by atoms with Gasteiger partial charge in [-0.1, -0.05) is 46.1 Å². The minimum atomic E-state index is -0.444. The van der Waals surface area contributed by atoms with E-state index >= 15 is 0 Å². The van der Waals surface area contributed by atoms with Crippen LogP contribution in [0.1, 0.15) is 59.3 Å². The van der Waals surface area contributed by atoms with Gasteiger partial charge in [-0.2, -0.15) is 0 Å². The summed E-state index contributed by atoms with van der Waals surface area (Å²) in [4.78, 5) is 28.6. The average Bonchev–Trinajstić information content (AvgIpc) is 3.04. The predicted molar refractivity (Wildman–Crippen MR) is 107 cm³/mol. The summed E-state index contributed by atoms with van der Waals surface area (Å²) in [6, 6.07) is -0.0978. The molecule has 2 rings (SSSR count). The Labute approximate surface area is 169 Å². The van der Waals surface area contributed by atoms with E-state index in [-0.39, 0.29) is 29.7 Å². The minimum absolute atomic E-state index is 0.148. The van der Waals surface area contributed by atoms with E-state index in [4.69, 9.17) is 14.2 Å². The number of nitrogens with zero attached hydrogens (tertiary/aromatic N) is 2. The van der Waals surface area contributed by atoms with Crippen molar-refractivity contribution in [2.75, 3.05) is 20.8 Å². The van der Waals surface area contributed by atoms with Gasteiger partial charge in [0.2, 0.25) is 0 Å². The summed E-state index contributed by atoms with van der Waals surface area (Å²) in [6.45, 7) is 10.3. The minimum Gasteiger partial charge on any atom is -0.453 e. The lowest BCUT2D eigenvalue weighted by Gasteiger charge is -2.35. The van der Waals surface area contributed by atoms with Gasteiger partial charge in [-0.3, -0.25) is 4.90 Å². The monoisotopic (exact) mass is 396 g/mol. The van der Waals surface area contributed by atoms with Crippen molar-refractivity contribution in [1.29, 1.82) is 0 Å². The Morgan fingerprint density at radius 2 is 1.82 bits per heavy atom. The second-order valence-corrected chi connectivity index (χ2v) is 8.78. The van der Waals surface area contributed by atoms with Crippen LogP contribution in [0.2, 0.25) is 0 Å². The molecule has 0 unspecified atom stereocenters. The van der Waals surface area contributed by atoms with Gasteiger partial charge in [0.1, 0.15) is 6.23 Å². The number of rotatable bonds is 5. The van der Waals surface area contributed by atoms with Gasteiger partial charge in [0.15, 0.2) is 0 Å². The van der Waals surface area contributed by atoms with Crippen LogP contribution in [0.15, 0.2) is 12.7 Å². The molecule has 0 N–H and O–H groups in total. The molecule has 1 saturated heterocycles. The fraction of sp³-hybridized carbons (Fsp3) is 0.810. The van der Waals surface area contributed by atoms with Crippen molar-refractivity contribution in [2.45, 2.75) is 83.7 Å². The van der Waals surface area contributed by atoms with Crippen molar-refractivity contribution >= 4 is 12.2 Å². The fourth-order valence-electron chi connectivity index (χ4n) is 4.31. The van der Waals surface area contributed by atoms with Crippen LogP contribution in [0.25, 0.3) is 0 Å². The van der Waals surface area contributed by atoms with Gasteiger partial charge in [0.05, 0.1) is 32.9 Å². The number of ether oxygens (including phenoxy) is 3. The number of amides is 2. The smallest absolute Gasteiger partial charge is 0.411 e. The number of hydrogen-bond acceptors (Lipinski definition) is 5. The van der Waals surface area contributed by atoms with Crippen molar-refractivity contribution in [3.8, 4) is 0 Å². The van der Waals surface area contributed by atoms with Crippen molar-refractivity contribution < 1.29 is 23.8 Å². The third kappa shape index (κ3) is 4.99. The Morgan fingerprint density at radius 3 is 2.32 bits per heavy atom. The molecule has 1 aliphatic carbocycles. The quantitative estimate of drug-likeness (QED) is 0.653. The van der Waals surface area contributed by atoms with E-state index in [1.807, 2.05) is 20.8 Å². The maximum absolute atomic E-state index is 12.6. The molecule has 2 amide bonds. The molecule has 0 aromatic rings. The van der Waals surface area contributed by atoms with Gasteiger partial charge in [-0.15, -0.1) is 6.58 Å². The van der Waals surface area contributed by atoms with E-state index < -0.39 is 12.3 Å². The molecular weight excluding hydrogens is 360 g/mol. The van der Waals surface area contributed by atoms with Crippen LogP contribution < -0.4 is 0 Å². The molecule has 0 radical (unpaired) electrons.